The van der Waals surface area contributed by atoms with Crippen LogP contribution in [0.3, 0.4) is 0 Å². The van der Waals surface area contributed by atoms with Gasteiger partial charge in [-0.2, -0.15) is 0 Å². The molecule has 0 aliphatic heterocycles. The summed E-state index contributed by atoms with van der Waals surface area (Å²) in [6, 6.07) is 18.5. The summed E-state index contributed by atoms with van der Waals surface area (Å²) < 4.78 is 12.3. The minimum absolute atomic E-state index is 0.197. The van der Waals surface area contributed by atoms with Crippen LogP contribution in [-0.2, 0) is 11.4 Å². The molecule has 0 fully saturated rings. The number of carbonyl (C=O) groups is 1. The van der Waals surface area contributed by atoms with Gasteiger partial charge in [-0.1, -0.05) is 63.4 Å². The Morgan fingerprint density at radius 2 is 1.83 bits per heavy atom. The van der Waals surface area contributed by atoms with Gasteiger partial charge >= 0.3 is 0 Å². The second-order valence-corrected chi connectivity index (χ2v) is 9.85. The van der Waals surface area contributed by atoms with Crippen LogP contribution >= 0.6 is 50.5 Å². The highest BCUT2D eigenvalue weighted by Gasteiger charge is 2.10. The van der Waals surface area contributed by atoms with E-state index in [2.05, 4.69) is 26.2 Å². The summed E-state index contributed by atoms with van der Waals surface area (Å²) >= 11 is 17.2. The molecule has 0 radical (unpaired) electrons. The number of carbonyl (C=O) groups excluding carboxylic acids is 1. The van der Waals surface area contributed by atoms with E-state index in [9.17, 15) is 4.79 Å². The maximum absolute atomic E-state index is 12.4. The van der Waals surface area contributed by atoms with E-state index in [4.69, 9.17) is 32.7 Å². The first kappa shape index (κ1) is 25.3. The lowest BCUT2D eigenvalue weighted by Gasteiger charge is -2.13. The van der Waals surface area contributed by atoms with Gasteiger partial charge in [-0.25, -0.2) is 4.98 Å². The number of ether oxygens (including phenoxy) is 2. The van der Waals surface area contributed by atoms with Crippen LogP contribution in [0.4, 0.5) is 5.13 Å². The fourth-order valence-electron chi connectivity index (χ4n) is 3.13. The van der Waals surface area contributed by atoms with Crippen molar-refractivity contribution in [3.8, 4) is 22.8 Å². The van der Waals surface area contributed by atoms with Crippen LogP contribution < -0.4 is 14.8 Å². The average Bonchev–Trinajstić information content (AvgIpc) is 3.31. The zero-order valence-corrected chi connectivity index (χ0v) is 22.3. The molecule has 9 heteroatoms. The van der Waals surface area contributed by atoms with Gasteiger partial charge < -0.3 is 9.47 Å². The number of methoxy groups -OCH3 is 1. The van der Waals surface area contributed by atoms with E-state index in [0.717, 1.165) is 21.3 Å². The van der Waals surface area contributed by atoms with Gasteiger partial charge in [0, 0.05) is 37.1 Å². The number of halogens is 3. The normalized spacial score (nSPS) is 11.0. The van der Waals surface area contributed by atoms with Gasteiger partial charge in [0.05, 0.1) is 12.8 Å². The molecule has 0 atom stereocenters. The van der Waals surface area contributed by atoms with Crippen molar-refractivity contribution >= 4 is 67.6 Å². The monoisotopic (exact) mass is 588 g/mol. The average molecular weight is 590 g/mol. The summed E-state index contributed by atoms with van der Waals surface area (Å²) in [6.45, 7) is 0.197. The number of hydrogen-bond donors (Lipinski definition) is 1. The number of hydrogen-bond acceptors (Lipinski definition) is 5. The Hall–Kier alpha value is -2.84. The van der Waals surface area contributed by atoms with Gasteiger partial charge in [0.2, 0.25) is 5.91 Å². The zero-order chi connectivity index (χ0) is 24.8. The molecule has 1 amide bonds. The van der Waals surface area contributed by atoms with Crippen molar-refractivity contribution in [1.29, 1.82) is 0 Å². The zero-order valence-electron chi connectivity index (χ0n) is 18.4. The van der Waals surface area contributed by atoms with Crippen molar-refractivity contribution < 1.29 is 14.3 Å². The van der Waals surface area contributed by atoms with Crippen molar-refractivity contribution in [2.45, 2.75) is 6.61 Å². The summed E-state index contributed by atoms with van der Waals surface area (Å²) in [7, 11) is 1.55. The minimum Gasteiger partial charge on any atom is -0.493 e. The Bertz CT molecular complexity index is 1350. The van der Waals surface area contributed by atoms with Crippen LogP contribution in [0.15, 0.2) is 76.6 Å². The predicted octanol–water partition coefficient (Wildman–Crippen LogP) is 8.12. The van der Waals surface area contributed by atoms with Gasteiger partial charge in [-0.15, -0.1) is 11.3 Å². The second kappa shape index (κ2) is 11.7. The lowest BCUT2D eigenvalue weighted by atomic mass is 10.2. The first-order valence-electron chi connectivity index (χ1n) is 10.4. The molecule has 35 heavy (non-hydrogen) atoms. The molecule has 0 aliphatic rings. The van der Waals surface area contributed by atoms with E-state index in [1.165, 1.54) is 17.4 Å². The Morgan fingerprint density at radius 3 is 2.54 bits per heavy atom. The van der Waals surface area contributed by atoms with E-state index in [-0.39, 0.29) is 12.5 Å². The number of aromatic nitrogens is 1. The lowest BCUT2D eigenvalue weighted by molar-refractivity contribution is -0.111. The SMILES string of the molecule is COc1cc(C=CC(=O)Nc2nc(-c3ccc(Br)cc3)cs2)ccc1OCc1c(Cl)cccc1Cl. The van der Waals surface area contributed by atoms with Crippen molar-refractivity contribution in [2.75, 3.05) is 12.4 Å². The summed E-state index contributed by atoms with van der Waals surface area (Å²) in [5.74, 6) is 0.775. The third kappa shape index (κ3) is 6.64. The van der Waals surface area contributed by atoms with Crippen LogP contribution in [0, 0.1) is 0 Å². The van der Waals surface area contributed by atoms with Crippen molar-refractivity contribution in [3.05, 3.63) is 97.8 Å². The Morgan fingerprint density at radius 1 is 1.09 bits per heavy atom. The molecule has 178 valence electrons. The fraction of sp³-hybridized carbons (Fsp3) is 0.0769. The standard InChI is InChI=1S/C26H19BrCl2N2O3S/c1-33-24-13-16(5-11-23(24)34-14-19-20(28)3-2-4-21(19)29)6-12-25(32)31-26-30-22(15-35-26)17-7-9-18(27)10-8-17/h2-13,15H,14H2,1H3,(H,30,31,32). The van der Waals surface area contributed by atoms with Crippen molar-refractivity contribution in [2.24, 2.45) is 0 Å². The quantitative estimate of drug-likeness (QED) is 0.211. The number of anilines is 1. The topological polar surface area (TPSA) is 60.5 Å². The highest BCUT2D eigenvalue weighted by molar-refractivity contribution is 9.10. The molecule has 0 bridgehead atoms. The smallest absolute Gasteiger partial charge is 0.250 e. The van der Waals surface area contributed by atoms with Crippen LogP contribution in [0.5, 0.6) is 11.5 Å². The molecule has 0 unspecified atom stereocenters. The maximum Gasteiger partial charge on any atom is 0.250 e. The molecule has 1 N–H and O–H groups in total. The van der Waals surface area contributed by atoms with E-state index >= 15 is 0 Å². The Labute approximate surface area is 225 Å². The molecular weight excluding hydrogens is 571 g/mol. The van der Waals surface area contributed by atoms with Crippen molar-refractivity contribution in [3.63, 3.8) is 0 Å². The maximum atomic E-state index is 12.4. The molecule has 3 aromatic carbocycles. The van der Waals surface area contributed by atoms with Gasteiger partial charge in [-0.3, -0.25) is 10.1 Å². The first-order chi connectivity index (χ1) is 16.9. The molecule has 0 aliphatic carbocycles. The first-order valence-corrected chi connectivity index (χ1v) is 12.8. The summed E-state index contributed by atoms with van der Waals surface area (Å²) in [5, 5.41) is 6.29. The molecule has 4 aromatic rings. The predicted molar refractivity (Wildman–Crippen MR) is 147 cm³/mol. The van der Waals surface area contributed by atoms with Crippen LogP contribution in [0.1, 0.15) is 11.1 Å². The van der Waals surface area contributed by atoms with Crippen molar-refractivity contribution in [1.82, 2.24) is 4.98 Å². The Balaban J connectivity index is 1.39. The van der Waals surface area contributed by atoms with Crippen LogP contribution in [0.2, 0.25) is 10.0 Å². The number of thiazole rings is 1. The van der Waals surface area contributed by atoms with Gasteiger partial charge in [0.15, 0.2) is 16.6 Å². The van der Waals surface area contributed by atoms with Gasteiger partial charge in [0.1, 0.15) is 6.61 Å². The number of nitrogens with zero attached hydrogens (tertiary/aromatic N) is 1. The van der Waals surface area contributed by atoms with E-state index in [1.54, 1.807) is 43.5 Å². The lowest BCUT2D eigenvalue weighted by Crippen LogP contribution is -2.07. The minimum atomic E-state index is -0.283. The van der Waals surface area contributed by atoms with E-state index in [0.29, 0.717) is 32.2 Å². The number of amides is 1. The van der Waals surface area contributed by atoms with E-state index < -0.39 is 0 Å². The largest absolute Gasteiger partial charge is 0.493 e. The molecule has 0 saturated carbocycles. The number of nitrogens with one attached hydrogen (secondary N) is 1. The highest BCUT2D eigenvalue weighted by Crippen LogP contribution is 2.32. The van der Waals surface area contributed by atoms with Gasteiger partial charge in [-0.05, 0) is 48.0 Å². The van der Waals surface area contributed by atoms with Gasteiger partial charge in [0.25, 0.3) is 0 Å². The third-order valence-electron chi connectivity index (χ3n) is 4.92. The molecule has 0 spiro atoms. The summed E-state index contributed by atoms with van der Waals surface area (Å²) in [4.78, 5) is 16.9. The highest BCUT2D eigenvalue weighted by atomic mass is 79.9. The van der Waals surface area contributed by atoms with E-state index in [1.807, 2.05) is 35.7 Å². The molecule has 4 rings (SSSR count). The molecule has 1 aromatic heterocycles. The molecule has 1 heterocycles. The molecule has 5 nitrogen and oxygen atoms in total. The third-order valence-corrected chi connectivity index (χ3v) is 6.92. The summed E-state index contributed by atoms with van der Waals surface area (Å²) in [6.07, 6.45) is 3.13. The summed E-state index contributed by atoms with van der Waals surface area (Å²) in [5.41, 5.74) is 3.26. The Kier molecular flexibility index (Phi) is 8.46. The number of rotatable bonds is 8. The molecule has 0 saturated heterocycles. The van der Waals surface area contributed by atoms with Crippen LogP contribution in [0.25, 0.3) is 17.3 Å². The van der Waals surface area contributed by atoms with Crippen LogP contribution in [-0.4, -0.2) is 18.0 Å². The number of benzene rings is 3. The molecular formula is C26H19BrCl2N2O3S. The second-order valence-electron chi connectivity index (χ2n) is 7.27. The fourth-order valence-corrected chi connectivity index (χ4v) is 4.62.